The molecule has 2 aromatic carbocycles. The summed E-state index contributed by atoms with van der Waals surface area (Å²) < 4.78 is 5.07. The molecule has 0 amide bonds. The minimum atomic E-state index is 0.796. The fourth-order valence-electron chi connectivity index (χ4n) is 1.33. The van der Waals surface area contributed by atoms with Crippen molar-refractivity contribution in [3.63, 3.8) is 0 Å². The van der Waals surface area contributed by atoms with Crippen LogP contribution in [0.1, 0.15) is 5.56 Å². The average Bonchev–Trinajstić information content (AvgIpc) is 2.39. The predicted molar refractivity (Wildman–Crippen MR) is 68.1 cm³/mol. The van der Waals surface area contributed by atoms with E-state index in [4.69, 9.17) is 4.74 Å². The van der Waals surface area contributed by atoms with Crippen molar-refractivity contribution in [2.45, 2.75) is 0 Å². The van der Waals surface area contributed by atoms with Crippen molar-refractivity contribution in [1.82, 2.24) is 0 Å². The summed E-state index contributed by atoms with van der Waals surface area (Å²) in [6, 6.07) is 15.0. The molecule has 0 unspecified atom stereocenters. The summed E-state index contributed by atoms with van der Waals surface area (Å²) in [5.41, 5.74) is 2.58. The minimum absolute atomic E-state index is 0.796. The lowest BCUT2D eigenvalue weighted by Crippen LogP contribution is -1.79. The van der Waals surface area contributed by atoms with E-state index in [9.17, 15) is 0 Å². The number of rotatable bonds is 3. The summed E-state index contributed by atoms with van der Waals surface area (Å²) in [7, 11) is 1.64. The van der Waals surface area contributed by atoms with Crippen LogP contribution in [0.5, 0.6) is 5.75 Å². The zero-order valence-corrected chi connectivity index (χ0v) is 9.63. The van der Waals surface area contributed by atoms with Crippen LogP contribution >= 0.6 is 0 Å². The molecule has 0 fully saturated rings. The van der Waals surface area contributed by atoms with Gasteiger partial charge in [0.1, 0.15) is 5.75 Å². The lowest BCUT2D eigenvalue weighted by Gasteiger charge is -1.98. The van der Waals surface area contributed by atoms with Gasteiger partial charge in [-0.2, -0.15) is 10.2 Å². The maximum Gasteiger partial charge on any atom is 0.119 e. The zero-order chi connectivity index (χ0) is 12.1. The molecule has 85 valence electrons. The first-order chi connectivity index (χ1) is 8.28. The molecule has 0 aliphatic carbocycles. The monoisotopic (exact) mass is 225 g/mol. The van der Waals surface area contributed by atoms with Gasteiger partial charge in [0.25, 0.3) is 0 Å². The van der Waals surface area contributed by atoms with Gasteiger partial charge < -0.3 is 4.74 Å². The van der Waals surface area contributed by atoms with Gasteiger partial charge in [0.2, 0.25) is 0 Å². The third-order valence-corrected chi connectivity index (χ3v) is 2.29. The maximum atomic E-state index is 5.07. The molecule has 0 spiro atoms. The second-order valence-corrected chi connectivity index (χ2v) is 3.56. The van der Waals surface area contributed by atoms with Crippen LogP contribution in [0.25, 0.3) is 0 Å². The highest BCUT2D eigenvalue weighted by Crippen LogP contribution is 2.21. The summed E-state index contributed by atoms with van der Waals surface area (Å²) in [6.07, 6.45) is 0. The normalized spacial score (nSPS) is 10.7. The number of nitrogens with zero attached hydrogens (tertiary/aromatic N) is 2. The molecule has 17 heavy (non-hydrogen) atoms. The molecule has 3 nitrogen and oxygen atoms in total. The Morgan fingerprint density at radius 2 is 1.29 bits per heavy atom. The van der Waals surface area contributed by atoms with Crippen molar-refractivity contribution in [2.75, 3.05) is 7.11 Å². The van der Waals surface area contributed by atoms with Crippen molar-refractivity contribution >= 4 is 11.4 Å². The minimum Gasteiger partial charge on any atom is -0.497 e. The molecule has 2 aromatic rings. The molecule has 0 atom stereocenters. The highest BCUT2D eigenvalue weighted by molar-refractivity contribution is 5.43. The molecule has 0 bridgehead atoms. The number of methoxy groups -OCH3 is 1. The van der Waals surface area contributed by atoms with E-state index in [-0.39, 0.29) is 0 Å². The van der Waals surface area contributed by atoms with E-state index >= 15 is 0 Å². The molecule has 0 N–H and O–H groups in total. The SMILES string of the molecule is [CH2]c1ccc(/N=N/c2ccc(OC)cc2)cc1. The van der Waals surface area contributed by atoms with Gasteiger partial charge in [-0.25, -0.2) is 0 Å². The summed E-state index contributed by atoms with van der Waals surface area (Å²) >= 11 is 0. The Labute approximate surface area is 101 Å². The van der Waals surface area contributed by atoms with Crippen LogP contribution < -0.4 is 4.74 Å². The number of azo groups is 1. The molecule has 0 aliphatic heterocycles. The predicted octanol–water partition coefficient (Wildman–Crippen LogP) is 4.29. The topological polar surface area (TPSA) is 34.0 Å². The summed E-state index contributed by atoms with van der Waals surface area (Å²) in [5.74, 6) is 0.811. The maximum absolute atomic E-state index is 5.07. The van der Waals surface area contributed by atoms with Gasteiger partial charge in [0, 0.05) is 0 Å². The van der Waals surface area contributed by atoms with E-state index < -0.39 is 0 Å². The van der Waals surface area contributed by atoms with Gasteiger partial charge in [-0.3, -0.25) is 0 Å². The Bertz CT molecular complexity index is 501. The number of hydrogen-bond donors (Lipinski definition) is 0. The van der Waals surface area contributed by atoms with E-state index in [2.05, 4.69) is 17.2 Å². The van der Waals surface area contributed by atoms with Crippen LogP contribution in [0, 0.1) is 6.92 Å². The van der Waals surface area contributed by atoms with Gasteiger partial charge in [0.05, 0.1) is 18.5 Å². The first-order valence-electron chi connectivity index (χ1n) is 5.26. The second kappa shape index (κ2) is 5.25. The molecule has 0 saturated heterocycles. The second-order valence-electron chi connectivity index (χ2n) is 3.56. The van der Waals surface area contributed by atoms with Crippen LogP contribution in [-0.2, 0) is 0 Å². The lowest BCUT2D eigenvalue weighted by atomic mass is 10.2. The quantitative estimate of drug-likeness (QED) is 0.717. The Morgan fingerprint density at radius 3 is 1.76 bits per heavy atom. The third-order valence-electron chi connectivity index (χ3n) is 2.29. The van der Waals surface area contributed by atoms with E-state index in [0.717, 1.165) is 22.7 Å². The zero-order valence-electron chi connectivity index (χ0n) is 9.63. The standard InChI is InChI=1S/C14H13N2O/c1-11-3-5-12(6-4-11)15-16-13-7-9-14(17-2)10-8-13/h3-10H,1H2,2H3/b16-15+. The van der Waals surface area contributed by atoms with Gasteiger partial charge >= 0.3 is 0 Å². The van der Waals surface area contributed by atoms with E-state index in [1.54, 1.807) is 7.11 Å². The van der Waals surface area contributed by atoms with Crippen molar-refractivity contribution < 1.29 is 4.74 Å². The largest absolute Gasteiger partial charge is 0.497 e. The van der Waals surface area contributed by atoms with Gasteiger partial charge in [-0.05, 0) is 48.9 Å². The van der Waals surface area contributed by atoms with E-state index in [1.807, 2.05) is 48.5 Å². The molecule has 0 heterocycles. The van der Waals surface area contributed by atoms with E-state index in [0.29, 0.717) is 0 Å². The summed E-state index contributed by atoms with van der Waals surface area (Å²) in [6.45, 7) is 3.81. The highest BCUT2D eigenvalue weighted by atomic mass is 16.5. The number of ether oxygens (including phenoxy) is 1. The van der Waals surface area contributed by atoms with Gasteiger partial charge in [-0.1, -0.05) is 12.1 Å². The van der Waals surface area contributed by atoms with Crippen LogP contribution in [0.2, 0.25) is 0 Å². The van der Waals surface area contributed by atoms with Gasteiger partial charge in [-0.15, -0.1) is 0 Å². The molecule has 0 aliphatic rings. The molecule has 0 saturated carbocycles. The molecule has 0 aromatic heterocycles. The van der Waals surface area contributed by atoms with Crippen molar-refractivity contribution in [2.24, 2.45) is 10.2 Å². The van der Waals surface area contributed by atoms with Crippen LogP contribution in [0.3, 0.4) is 0 Å². The number of benzene rings is 2. The first kappa shape index (κ1) is 11.3. The Balaban J connectivity index is 2.11. The van der Waals surface area contributed by atoms with Crippen LogP contribution in [0.15, 0.2) is 58.8 Å². The Hall–Kier alpha value is -2.16. The van der Waals surface area contributed by atoms with Crippen LogP contribution in [0.4, 0.5) is 11.4 Å². The molecule has 3 heteroatoms. The molecule has 2 rings (SSSR count). The summed E-state index contributed by atoms with van der Waals surface area (Å²) in [4.78, 5) is 0. The average molecular weight is 225 g/mol. The van der Waals surface area contributed by atoms with Crippen molar-refractivity contribution in [1.29, 1.82) is 0 Å². The fourth-order valence-corrected chi connectivity index (χ4v) is 1.33. The number of hydrogen-bond acceptors (Lipinski definition) is 3. The fraction of sp³-hybridized carbons (Fsp3) is 0.0714. The van der Waals surface area contributed by atoms with Gasteiger partial charge in [0.15, 0.2) is 0 Å². The van der Waals surface area contributed by atoms with Crippen molar-refractivity contribution in [3.8, 4) is 5.75 Å². The molecular formula is C14H13N2O. The smallest absolute Gasteiger partial charge is 0.119 e. The lowest BCUT2D eigenvalue weighted by molar-refractivity contribution is 0.415. The third kappa shape index (κ3) is 3.14. The Kier molecular flexibility index (Phi) is 3.50. The Morgan fingerprint density at radius 1 is 0.824 bits per heavy atom. The summed E-state index contributed by atoms with van der Waals surface area (Å²) in [5, 5.41) is 8.26. The molecule has 1 radical (unpaired) electrons. The van der Waals surface area contributed by atoms with E-state index in [1.165, 1.54) is 0 Å². The first-order valence-corrected chi connectivity index (χ1v) is 5.26. The highest BCUT2D eigenvalue weighted by Gasteiger charge is 1.92. The van der Waals surface area contributed by atoms with Crippen molar-refractivity contribution in [3.05, 3.63) is 61.0 Å². The van der Waals surface area contributed by atoms with Crippen LogP contribution in [-0.4, -0.2) is 7.11 Å². The molecular weight excluding hydrogens is 212 g/mol.